The van der Waals surface area contributed by atoms with Gasteiger partial charge in [-0.2, -0.15) is 4.31 Å². The number of rotatable bonds is 4. The molecule has 5 rings (SSSR count). The highest BCUT2D eigenvalue weighted by Gasteiger charge is 2.38. The van der Waals surface area contributed by atoms with Crippen molar-refractivity contribution in [1.82, 2.24) is 9.97 Å². The number of amides is 1. The van der Waals surface area contributed by atoms with Gasteiger partial charge in [-0.05, 0) is 51.5 Å². The summed E-state index contributed by atoms with van der Waals surface area (Å²) in [6.45, 7) is 7.74. The van der Waals surface area contributed by atoms with Crippen LogP contribution >= 0.6 is 0 Å². The number of sulfonamides is 1. The van der Waals surface area contributed by atoms with E-state index in [4.69, 9.17) is 9.47 Å². The van der Waals surface area contributed by atoms with Crippen molar-refractivity contribution in [2.45, 2.75) is 38.2 Å². The number of hydrogen-bond acceptors (Lipinski definition) is 10. The third-order valence-corrected chi connectivity index (χ3v) is 8.48. The summed E-state index contributed by atoms with van der Waals surface area (Å²) < 4.78 is 40.1. The largest absolute Gasteiger partial charge is 0.464 e. The highest BCUT2D eigenvalue weighted by molar-refractivity contribution is 7.93. The zero-order valence-corrected chi connectivity index (χ0v) is 25.7. The van der Waals surface area contributed by atoms with Gasteiger partial charge in [0, 0.05) is 36.4 Å². The Balaban J connectivity index is 1.69. The molecule has 0 fully saturated rings. The van der Waals surface area contributed by atoms with Gasteiger partial charge < -0.3 is 20.1 Å². The summed E-state index contributed by atoms with van der Waals surface area (Å²) in [6, 6.07) is 13.3. The van der Waals surface area contributed by atoms with Crippen LogP contribution in [-0.2, 0) is 19.5 Å². The van der Waals surface area contributed by atoms with Crippen LogP contribution in [0.4, 0.5) is 21.9 Å². The molecule has 1 aliphatic rings. The first-order chi connectivity index (χ1) is 20.9. The number of nitrogens with one attached hydrogen (secondary N) is 2. The van der Waals surface area contributed by atoms with E-state index in [1.165, 1.54) is 25.6 Å². The van der Waals surface area contributed by atoms with Crippen LogP contribution in [0.15, 0.2) is 65.8 Å². The van der Waals surface area contributed by atoms with Crippen molar-refractivity contribution in [3.05, 3.63) is 83.3 Å². The van der Waals surface area contributed by atoms with E-state index in [1.54, 1.807) is 70.2 Å². The number of aromatic nitrogens is 2. The second-order valence-electron chi connectivity index (χ2n) is 10.9. The van der Waals surface area contributed by atoms with Crippen LogP contribution in [0.2, 0.25) is 0 Å². The van der Waals surface area contributed by atoms with E-state index >= 15 is 0 Å². The molecule has 4 aromatic rings. The number of hydrogen-bond donors (Lipinski definition) is 2. The number of para-hydroxylation sites is 1. The quantitative estimate of drug-likeness (QED) is 0.236. The van der Waals surface area contributed by atoms with Crippen LogP contribution in [-0.4, -0.2) is 56.2 Å². The van der Waals surface area contributed by atoms with Crippen LogP contribution in [0.1, 0.15) is 48.0 Å². The smallest absolute Gasteiger partial charge is 0.429 e. The van der Waals surface area contributed by atoms with Crippen molar-refractivity contribution in [2.75, 3.05) is 35.1 Å². The van der Waals surface area contributed by atoms with Crippen LogP contribution in [0, 0.1) is 18.8 Å². The van der Waals surface area contributed by atoms with Gasteiger partial charge in [-0.3, -0.25) is 4.98 Å². The number of benzene rings is 2. The SMILES string of the molecule is COC(=O)c1ncc(C#Cc2ccccc2N(C(=O)OC(C)(C)C)S(=O)(=O)c2c(C)ccc3cccnc23)c2c1NCCN2. The fraction of sp³-hybridized carbons (Fsp3) is 0.250. The van der Waals surface area contributed by atoms with Gasteiger partial charge in [0.2, 0.25) is 0 Å². The van der Waals surface area contributed by atoms with Crippen molar-refractivity contribution in [3.63, 3.8) is 0 Å². The molecule has 0 aliphatic carbocycles. The minimum Gasteiger partial charge on any atom is -0.464 e. The van der Waals surface area contributed by atoms with Crippen LogP contribution in [0.25, 0.3) is 10.9 Å². The molecule has 1 aliphatic heterocycles. The van der Waals surface area contributed by atoms with Gasteiger partial charge in [-0.15, -0.1) is 0 Å². The standard InChI is InChI=1S/C32H31N5O6S/c1-20-12-13-22-10-8-16-33-26(22)29(20)44(40,41)37(31(39)43-32(2,3)4)24-11-7-6-9-21(24)14-15-23-19-36-28(30(38)42-5)27-25(23)34-17-18-35-27/h6-13,16,19,34-35H,17-18H2,1-5H3. The molecule has 3 heterocycles. The number of fused-ring (bicyclic) bond motifs is 2. The molecular formula is C32H31N5O6S. The lowest BCUT2D eigenvalue weighted by molar-refractivity contribution is 0.0589. The number of nitrogens with zero attached hydrogens (tertiary/aromatic N) is 3. The highest BCUT2D eigenvalue weighted by atomic mass is 32.2. The molecule has 226 valence electrons. The number of aryl methyl sites for hydroxylation is 1. The maximum Gasteiger partial charge on any atom is 0.429 e. The molecule has 0 spiro atoms. The lowest BCUT2D eigenvalue weighted by Gasteiger charge is -2.28. The highest BCUT2D eigenvalue weighted by Crippen LogP contribution is 2.34. The average Bonchev–Trinajstić information content (AvgIpc) is 2.98. The maximum absolute atomic E-state index is 14.5. The van der Waals surface area contributed by atoms with E-state index in [-0.39, 0.29) is 27.4 Å². The first-order valence-corrected chi connectivity index (χ1v) is 15.2. The molecule has 0 atom stereocenters. The van der Waals surface area contributed by atoms with Crippen LogP contribution in [0.3, 0.4) is 0 Å². The van der Waals surface area contributed by atoms with Crippen LogP contribution < -0.4 is 14.9 Å². The zero-order valence-electron chi connectivity index (χ0n) is 24.9. The molecule has 2 aromatic carbocycles. The number of pyridine rings is 2. The number of ether oxygens (including phenoxy) is 2. The van der Waals surface area contributed by atoms with Gasteiger partial charge in [0.15, 0.2) is 5.69 Å². The normalized spacial score (nSPS) is 12.6. The predicted molar refractivity (Wildman–Crippen MR) is 167 cm³/mol. The van der Waals surface area contributed by atoms with E-state index in [2.05, 4.69) is 32.4 Å². The Bertz CT molecular complexity index is 1960. The molecule has 2 N–H and O–H groups in total. The van der Waals surface area contributed by atoms with Gasteiger partial charge in [0.25, 0.3) is 10.0 Å². The van der Waals surface area contributed by atoms with Crippen molar-refractivity contribution < 1.29 is 27.5 Å². The monoisotopic (exact) mass is 613 g/mol. The van der Waals surface area contributed by atoms with E-state index in [0.717, 1.165) is 0 Å². The number of anilines is 3. The molecule has 2 aromatic heterocycles. The third-order valence-electron chi connectivity index (χ3n) is 6.62. The lowest BCUT2D eigenvalue weighted by atomic mass is 10.1. The number of carbonyl (C=O) groups is 2. The van der Waals surface area contributed by atoms with E-state index in [1.807, 2.05) is 0 Å². The van der Waals surface area contributed by atoms with Crippen molar-refractivity contribution in [1.29, 1.82) is 0 Å². The lowest BCUT2D eigenvalue weighted by Crippen LogP contribution is -2.41. The number of carbonyl (C=O) groups excluding carboxylic acids is 2. The average molecular weight is 614 g/mol. The van der Waals surface area contributed by atoms with Crippen molar-refractivity contribution in [2.24, 2.45) is 0 Å². The Morgan fingerprint density at radius 1 is 0.932 bits per heavy atom. The second-order valence-corrected chi connectivity index (χ2v) is 12.6. The van der Waals surface area contributed by atoms with E-state index in [0.29, 0.717) is 45.3 Å². The topological polar surface area (TPSA) is 140 Å². The predicted octanol–water partition coefficient (Wildman–Crippen LogP) is 5.09. The first-order valence-electron chi connectivity index (χ1n) is 13.7. The molecule has 0 saturated heterocycles. The van der Waals surface area contributed by atoms with Gasteiger partial charge >= 0.3 is 12.1 Å². The summed E-state index contributed by atoms with van der Waals surface area (Å²) in [5, 5.41) is 7.00. The summed E-state index contributed by atoms with van der Waals surface area (Å²) in [7, 11) is -3.30. The summed E-state index contributed by atoms with van der Waals surface area (Å²) >= 11 is 0. The molecule has 11 nitrogen and oxygen atoms in total. The van der Waals surface area contributed by atoms with Gasteiger partial charge in [0.05, 0.1) is 35.3 Å². The Morgan fingerprint density at radius 3 is 2.36 bits per heavy atom. The van der Waals surface area contributed by atoms with Gasteiger partial charge in [-0.1, -0.05) is 42.2 Å². The Kier molecular flexibility index (Phi) is 8.17. The summed E-state index contributed by atoms with van der Waals surface area (Å²) in [4.78, 5) is 34.5. The summed E-state index contributed by atoms with van der Waals surface area (Å²) in [5.74, 6) is 5.45. The number of methoxy groups -OCH3 is 1. The Morgan fingerprint density at radius 2 is 1.64 bits per heavy atom. The maximum atomic E-state index is 14.5. The Labute approximate surface area is 255 Å². The zero-order chi connectivity index (χ0) is 31.6. The molecule has 0 radical (unpaired) electrons. The fourth-order valence-electron chi connectivity index (χ4n) is 4.74. The molecular weight excluding hydrogens is 582 g/mol. The van der Waals surface area contributed by atoms with Crippen molar-refractivity contribution in [3.8, 4) is 11.8 Å². The van der Waals surface area contributed by atoms with Gasteiger partial charge in [-0.25, -0.2) is 23.0 Å². The minimum absolute atomic E-state index is 0.000626. The van der Waals surface area contributed by atoms with E-state index < -0.39 is 27.7 Å². The molecule has 1 amide bonds. The molecule has 0 unspecified atom stereocenters. The summed E-state index contributed by atoms with van der Waals surface area (Å²) in [6.07, 6.45) is 1.85. The number of esters is 1. The molecule has 0 bridgehead atoms. The summed E-state index contributed by atoms with van der Waals surface area (Å²) in [5.41, 5.74) is 1.47. The van der Waals surface area contributed by atoms with Crippen LogP contribution in [0.5, 0.6) is 0 Å². The fourth-order valence-corrected chi connectivity index (χ4v) is 6.47. The molecule has 44 heavy (non-hydrogen) atoms. The van der Waals surface area contributed by atoms with E-state index in [9.17, 15) is 18.0 Å². The second kappa shape index (κ2) is 11.9. The third kappa shape index (κ3) is 5.87. The van der Waals surface area contributed by atoms with Gasteiger partial charge in [0.1, 0.15) is 10.5 Å². The van der Waals surface area contributed by atoms with Crippen molar-refractivity contribution >= 4 is 50.1 Å². The minimum atomic E-state index is -4.58. The Hall–Kier alpha value is -5.15. The molecule has 12 heteroatoms. The first kappa shape index (κ1) is 30.3. The molecule has 0 saturated carbocycles.